The molecule has 1 saturated carbocycles. The zero-order valence-corrected chi connectivity index (χ0v) is 11.8. The van der Waals surface area contributed by atoms with Gasteiger partial charge in [-0.1, -0.05) is 31.4 Å². The Morgan fingerprint density at radius 2 is 2.16 bits per heavy atom. The summed E-state index contributed by atoms with van der Waals surface area (Å²) in [6, 6.07) is 3.31. The Hall–Kier alpha value is -1.29. The van der Waals surface area contributed by atoms with E-state index >= 15 is 0 Å². The second-order valence-electron chi connectivity index (χ2n) is 5.25. The fourth-order valence-electron chi connectivity index (χ4n) is 2.75. The summed E-state index contributed by atoms with van der Waals surface area (Å²) in [4.78, 5) is 15.0. The van der Waals surface area contributed by atoms with Gasteiger partial charge in [-0.05, 0) is 36.8 Å². The third-order valence-corrected chi connectivity index (χ3v) is 4.41. The molecule has 2 rings (SSSR count). The largest absolute Gasteiger partial charge is 0.476 e. The van der Waals surface area contributed by atoms with Crippen LogP contribution in [0.1, 0.15) is 49.5 Å². The number of nitrogens with one attached hydrogen (secondary N) is 1. The van der Waals surface area contributed by atoms with Gasteiger partial charge < -0.3 is 10.4 Å². The van der Waals surface area contributed by atoms with Crippen molar-refractivity contribution in [3.63, 3.8) is 0 Å². The van der Waals surface area contributed by atoms with Crippen LogP contribution in [0.4, 0.5) is 5.82 Å². The van der Waals surface area contributed by atoms with Crippen LogP contribution < -0.4 is 5.32 Å². The van der Waals surface area contributed by atoms with Crippen molar-refractivity contribution in [2.75, 3.05) is 11.9 Å². The number of nitrogens with zero attached hydrogens (tertiary/aromatic N) is 1. The van der Waals surface area contributed by atoms with Crippen LogP contribution in [-0.2, 0) is 0 Å². The second kappa shape index (κ2) is 5.78. The number of rotatable bonds is 5. The van der Waals surface area contributed by atoms with Crippen molar-refractivity contribution in [1.82, 2.24) is 4.98 Å². The maximum Gasteiger partial charge on any atom is 0.356 e. The highest BCUT2D eigenvalue weighted by Gasteiger charge is 2.31. The number of aromatic carboxylic acids is 1. The lowest BCUT2D eigenvalue weighted by Crippen LogP contribution is -2.26. The maximum atomic E-state index is 11.0. The molecule has 2 N–H and O–H groups in total. The molecule has 104 valence electrons. The smallest absolute Gasteiger partial charge is 0.356 e. The molecule has 0 spiro atoms. The lowest BCUT2D eigenvalue weighted by atomic mass is 9.83. The molecule has 1 aromatic heterocycles. The van der Waals surface area contributed by atoms with Crippen LogP contribution in [0, 0.1) is 5.41 Å². The predicted molar refractivity (Wildman–Crippen MR) is 75.9 cm³/mol. The molecule has 0 radical (unpaired) electrons. The van der Waals surface area contributed by atoms with Crippen molar-refractivity contribution >= 4 is 23.4 Å². The Kier molecular flexibility index (Phi) is 4.30. The number of aromatic nitrogens is 1. The zero-order chi connectivity index (χ0) is 13.9. The number of halogens is 1. The van der Waals surface area contributed by atoms with Crippen molar-refractivity contribution in [3.8, 4) is 0 Å². The van der Waals surface area contributed by atoms with Crippen molar-refractivity contribution in [1.29, 1.82) is 0 Å². The molecular formula is C14H19ClN2O2. The van der Waals surface area contributed by atoms with E-state index in [1.165, 1.54) is 25.7 Å². The van der Waals surface area contributed by atoms with Gasteiger partial charge in [-0.25, -0.2) is 9.78 Å². The molecule has 0 aromatic carbocycles. The van der Waals surface area contributed by atoms with Gasteiger partial charge in [-0.15, -0.1) is 0 Å². The Balaban J connectivity index is 2.07. The SMILES string of the molecule is CCC1(CNc2ccc(Cl)c(C(=O)O)n2)CCCC1. The third-order valence-electron chi connectivity index (χ3n) is 4.11. The van der Waals surface area contributed by atoms with Crippen molar-refractivity contribution in [2.45, 2.75) is 39.0 Å². The van der Waals surface area contributed by atoms with E-state index in [1.54, 1.807) is 12.1 Å². The Morgan fingerprint density at radius 3 is 2.74 bits per heavy atom. The number of hydrogen-bond acceptors (Lipinski definition) is 3. The van der Waals surface area contributed by atoms with Gasteiger partial charge in [0.25, 0.3) is 0 Å². The van der Waals surface area contributed by atoms with Gasteiger partial charge in [0.1, 0.15) is 5.82 Å². The molecule has 0 unspecified atom stereocenters. The molecule has 0 bridgehead atoms. The summed E-state index contributed by atoms with van der Waals surface area (Å²) in [6.07, 6.45) is 6.17. The van der Waals surface area contributed by atoms with Gasteiger partial charge in [0.2, 0.25) is 0 Å². The number of carbonyl (C=O) groups is 1. The van der Waals surface area contributed by atoms with Crippen LogP contribution in [0.5, 0.6) is 0 Å². The van der Waals surface area contributed by atoms with Crippen LogP contribution in [0.2, 0.25) is 5.02 Å². The molecule has 4 nitrogen and oxygen atoms in total. The molecule has 1 heterocycles. The number of carboxylic acids is 1. The standard InChI is InChI=1S/C14H19ClN2O2/c1-2-14(7-3-4-8-14)9-16-11-6-5-10(15)12(17-11)13(18)19/h5-6H,2-4,7-9H2,1H3,(H,16,17)(H,18,19). The van der Waals surface area contributed by atoms with Gasteiger partial charge in [-0.3, -0.25) is 0 Å². The van der Waals surface area contributed by atoms with E-state index in [-0.39, 0.29) is 10.7 Å². The average molecular weight is 283 g/mol. The molecule has 0 aliphatic heterocycles. The van der Waals surface area contributed by atoms with E-state index in [9.17, 15) is 4.79 Å². The van der Waals surface area contributed by atoms with Crippen molar-refractivity contribution in [2.24, 2.45) is 5.41 Å². The van der Waals surface area contributed by atoms with Crippen LogP contribution in [-0.4, -0.2) is 22.6 Å². The van der Waals surface area contributed by atoms with E-state index in [1.807, 2.05) is 0 Å². The predicted octanol–water partition coefficient (Wildman–Crippen LogP) is 3.82. The third kappa shape index (κ3) is 3.18. The number of hydrogen-bond donors (Lipinski definition) is 2. The fraction of sp³-hybridized carbons (Fsp3) is 0.571. The summed E-state index contributed by atoms with van der Waals surface area (Å²) in [5, 5.41) is 12.4. The lowest BCUT2D eigenvalue weighted by molar-refractivity contribution is 0.0691. The van der Waals surface area contributed by atoms with E-state index in [0.29, 0.717) is 11.2 Å². The summed E-state index contributed by atoms with van der Waals surface area (Å²) >= 11 is 5.80. The molecule has 1 aliphatic rings. The molecule has 1 aromatic rings. The van der Waals surface area contributed by atoms with Crippen LogP contribution in [0.3, 0.4) is 0 Å². The number of anilines is 1. The number of pyridine rings is 1. The summed E-state index contributed by atoms with van der Waals surface area (Å²) in [6.45, 7) is 3.06. The monoisotopic (exact) mass is 282 g/mol. The number of carboxylic acid groups (broad SMARTS) is 1. The molecule has 0 atom stereocenters. The molecular weight excluding hydrogens is 264 g/mol. The van der Waals surface area contributed by atoms with Crippen LogP contribution in [0.25, 0.3) is 0 Å². The molecule has 19 heavy (non-hydrogen) atoms. The Morgan fingerprint density at radius 1 is 1.47 bits per heavy atom. The first-order valence-corrected chi connectivity index (χ1v) is 7.08. The Bertz CT molecular complexity index is 471. The van der Waals surface area contributed by atoms with Crippen LogP contribution >= 0.6 is 11.6 Å². The second-order valence-corrected chi connectivity index (χ2v) is 5.65. The summed E-state index contributed by atoms with van der Waals surface area (Å²) in [5.41, 5.74) is 0.244. The van der Waals surface area contributed by atoms with Gasteiger partial charge in [-0.2, -0.15) is 0 Å². The normalized spacial score (nSPS) is 17.4. The zero-order valence-electron chi connectivity index (χ0n) is 11.1. The minimum atomic E-state index is -1.10. The first-order valence-electron chi connectivity index (χ1n) is 6.70. The Labute approximate surface area is 118 Å². The summed E-state index contributed by atoms with van der Waals surface area (Å²) in [5.74, 6) is -0.513. The van der Waals surface area contributed by atoms with Gasteiger partial charge >= 0.3 is 5.97 Å². The highest BCUT2D eigenvalue weighted by atomic mass is 35.5. The van der Waals surface area contributed by atoms with Crippen molar-refractivity contribution < 1.29 is 9.90 Å². The molecule has 5 heteroatoms. The van der Waals surface area contributed by atoms with E-state index < -0.39 is 5.97 Å². The summed E-state index contributed by atoms with van der Waals surface area (Å²) in [7, 11) is 0. The summed E-state index contributed by atoms with van der Waals surface area (Å²) < 4.78 is 0. The average Bonchev–Trinajstić information content (AvgIpc) is 2.87. The lowest BCUT2D eigenvalue weighted by Gasteiger charge is -2.28. The van der Waals surface area contributed by atoms with Gasteiger partial charge in [0, 0.05) is 6.54 Å². The molecule has 1 aliphatic carbocycles. The topological polar surface area (TPSA) is 62.2 Å². The minimum Gasteiger partial charge on any atom is -0.476 e. The van der Waals surface area contributed by atoms with Gasteiger partial charge in [0.05, 0.1) is 5.02 Å². The fourth-order valence-corrected chi connectivity index (χ4v) is 2.94. The quantitative estimate of drug-likeness (QED) is 0.862. The van der Waals surface area contributed by atoms with Crippen LogP contribution in [0.15, 0.2) is 12.1 Å². The minimum absolute atomic E-state index is 0.0939. The van der Waals surface area contributed by atoms with Crippen molar-refractivity contribution in [3.05, 3.63) is 22.8 Å². The van der Waals surface area contributed by atoms with E-state index in [4.69, 9.17) is 16.7 Å². The maximum absolute atomic E-state index is 11.0. The first kappa shape index (κ1) is 14.1. The highest BCUT2D eigenvalue weighted by molar-refractivity contribution is 6.33. The molecule has 0 amide bonds. The first-order chi connectivity index (χ1) is 9.06. The van der Waals surface area contributed by atoms with Gasteiger partial charge in [0.15, 0.2) is 5.69 Å². The molecule has 1 fully saturated rings. The highest BCUT2D eigenvalue weighted by Crippen LogP contribution is 2.40. The van der Waals surface area contributed by atoms with E-state index in [2.05, 4.69) is 17.2 Å². The molecule has 0 saturated heterocycles. The van der Waals surface area contributed by atoms with E-state index in [0.717, 1.165) is 13.0 Å².